The Kier molecular flexibility index (Phi) is 10.0. The van der Waals surface area contributed by atoms with Crippen molar-refractivity contribution in [1.82, 2.24) is 4.98 Å². The fourth-order valence-electron chi connectivity index (χ4n) is 2.80. The summed E-state index contributed by atoms with van der Waals surface area (Å²) in [4.78, 5) is 13.7. The fraction of sp³-hybridized carbons (Fsp3) is 0.833. The van der Waals surface area contributed by atoms with Gasteiger partial charge in [0.2, 0.25) is 0 Å². The van der Waals surface area contributed by atoms with Gasteiger partial charge in [0.15, 0.2) is 0 Å². The van der Waals surface area contributed by atoms with Crippen LogP contribution in [-0.4, -0.2) is 4.98 Å². The van der Waals surface area contributed by atoms with Crippen molar-refractivity contribution in [3.8, 4) is 0 Å². The largest absolute Gasteiger partial charge is 0.416 e. The minimum atomic E-state index is -0.337. The van der Waals surface area contributed by atoms with E-state index in [4.69, 9.17) is 4.42 Å². The second-order valence-corrected chi connectivity index (χ2v) is 6.33. The third kappa shape index (κ3) is 8.79. The minimum absolute atomic E-state index is 0.337. The van der Waals surface area contributed by atoms with Gasteiger partial charge in [-0.25, -0.2) is 4.79 Å². The third-order valence-electron chi connectivity index (χ3n) is 4.31. The molecule has 0 saturated carbocycles. The molecule has 1 heterocycles. The van der Waals surface area contributed by atoms with Gasteiger partial charge in [0, 0.05) is 0 Å². The van der Waals surface area contributed by atoms with Crippen LogP contribution in [0.5, 0.6) is 0 Å². The highest BCUT2D eigenvalue weighted by Gasteiger charge is 2.08. The normalized spacial score (nSPS) is 12.7. The van der Waals surface area contributed by atoms with E-state index < -0.39 is 0 Å². The van der Waals surface area contributed by atoms with Gasteiger partial charge in [-0.3, -0.25) is 4.98 Å². The fourth-order valence-corrected chi connectivity index (χ4v) is 2.80. The standard InChI is InChI=1S/C18H33NO2/c1-3-4-5-6-7-8-9-10-11-12-13-14-16(2)17-15-21-18(20)19-17/h15-16H,3-14H2,1-2H3,(H,19,20). The first-order chi connectivity index (χ1) is 10.2. The zero-order chi connectivity index (χ0) is 15.3. The van der Waals surface area contributed by atoms with Crippen LogP contribution in [0.2, 0.25) is 0 Å². The molecule has 1 aromatic heterocycles. The molecule has 3 heteroatoms. The van der Waals surface area contributed by atoms with Gasteiger partial charge >= 0.3 is 5.76 Å². The maximum atomic E-state index is 10.9. The molecule has 1 atom stereocenters. The maximum absolute atomic E-state index is 10.9. The highest BCUT2D eigenvalue weighted by Crippen LogP contribution is 2.20. The molecule has 0 spiro atoms. The van der Waals surface area contributed by atoms with Crippen LogP contribution in [0.3, 0.4) is 0 Å². The van der Waals surface area contributed by atoms with Crippen LogP contribution in [0.4, 0.5) is 0 Å². The molecule has 0 aliphatic rings. The summed E-state index contributed by atoms with van der Waals surface area (Å²) in [5, 5.41) is 0. The SMILES string of the molecule is CCCCCCCCCCCCCC(C)c1coc(=O)[nH]1. The van der Waals surface area contributed by atoms with Crippen molar-refractivity contribution in [2.45, 2.75) is 96.8 Å². The van der Waals surface area contributed by atoms with Crippen LogP contribution in [-0.2, 0) is 0 Å². The van der Waals surface area contributed by atoms with Gasteiger partial charge in [0.25, 0.3) is 0 Å². The van der Waals surface area contributed by atoms with Crippen molar-refractivity contribution in [2.75, 3.05) is 0 Å². The maximum Gasteiger partial charge on any atom is 0.416 e. The van der Waals surface area contributed by atoms with Crippen LogP contribution in [0.25, 0.3) is 0 Å². The summed E-state index contributed by atoms with van der Waals surface area (Å²) in [7, 11) is 0. The second kappa shape index (κ2) is 11.6. The van der Waals surface area contributed by atoms with Gasteiger partial charge in [0.05, 0.1) is 5.69 Å². The molecule has 0 saturated heterocycles. The smallest absolute Gasteiger partial charge is 0.416 e. The molecule has 0 bridgehead atoms. The van der Waals surface area contributed by atoms with Crippen LogP contribution < -0.4 is 5.76 Å². The molecule has 1 rings (SSSR count). The van der Waals surface area contributed by atoms with Crippen LogP contribution in [0, 0.1) is 0 Å². The highest BCUT2D eigenvalue weighted by atomic mass is 16.4. The number of unbranched alkanes of at least 4 members (excludes halogenated alkanes) is 10. The number of aromatic nitrogens is 1. The summed E-state index contributed by atoms with van der Waals surface area (Å²) >= 11 is 0. The molecule has 21 heavy (non-hydrogen) atoms. The van der Waals surface area contributed by atoms with Gasteiger partial charge in [0.1, 0.15) is 6.26 Å². The summed E-state index contributed by atoms with van der Waals surface area (Å²) in [5.74, 6) is 0.0609. The summed E-state index contributed by atoms with van der Waals surface area (Å²) in [6.45, 7) is 4.42. The number of rotatable bonds is 13. The summed E-state index contributed by atoms with van der Waals surface area (Å²) in [6, 6.07) is 0. The molecule has 1 N–H and O–H groups in total. The van der Waals surface area contributed by atoms with Crippen molar-refractivity contribution in [3.63, 3.8) is 0 Å². The zero-order valence-electron chi connectivity index (χ0n) is 14.0. The second-order valence-electron chi connectivity index (χ2n) is 6.33. The predicted octanol–water partition coefficient (Wildman–Crippen LogP) is 5.77. The predicted molar refractivity (Wildman–Crippen MR) is 88.8 cm³/mol. The van der Waals surface area contributed by atoms with E-state index in [0.29, 0.717) is 5.92 Å². The highest BCUT2D eigenvalue weighted by molar-refractivity contribution is 4.98. The Morgan fingerprint density at radius 1 is 0.952 bits per heavy atom. The topological polar surface area (TPSA) is 46.0 Å². The molecular formula is C18H33NO2. The van der Waals surface area contributed by atoms with Crippen molar-refractivity contribution in [1.29, 1.82) is 0 Å². The van der Waals surface area contributed by atoms with Gasteiger partial charge < -0.3 is 4.42 Å². The quantitative estimate of drug-likeness (QED) is 0.469. The van der Waals surface area contributed by atoms with Gasteiger partial charge in [-0.15, -0.1) is 0 Å². The number of aromatic amines is 1. The van der Waals surface area contributed by atoms with E-state index >= 15 is 0 Å². The molecule has 1 aromatic rings. The molecular weight excluding hydrogens is 262 g/mol. The van der Waals surface area contributed by atoms with Gasteiger partial charge in [-0.2, -0.15) is 0 Å². The molecule has 0 aliphatic carbocycles. The molecule has 0 aliphatic heterocycles. The zero-order valence-corrected chi connectivity index (χ0v) is 14.0. The lowest BCUT2D eigenvalue weighted by atomic mass is 9.99. The molecule has 0 radical (unpaired) electrons. The van der Waals surface area contributed by atoms with Crippen molar-refractivity contribution in [3.05, 3.63) is 22.5 Å². The summed E-state index contributed by atoms with van der Waals surface area (Å²) < 4.78 is 4.78. The average Bonchev–Trinajstić information content (AvgIpc) is 2.91. The number of hydrogen-bond acceptors (Lipinski definition) is 2. The van der Waals surface area contributed by atoms with Gasteiger partial charge in [-0.05, 0) is 12.3 Å². The van der Waals surface area contributed by atoms with Crippen molar-refractivity contribution >= 4 is 0 Å². The monoisotopic (exact) mass is 295 g/mol. The minimum Gasteiger partial charge on any atom is -0.416 e. The van der Waals surface area contributed by atoms with E-state index in [1.54, 1.807) is 6.26 Å². The third-order valence-corrected chi connectivity index (χ3v) is 4.31. The summed E-state index contributed by atoms with van der Waals surface area (Å²) in [6.07, 6.45) is 17.8. The molecule has 0 amide bonds. The van der Waals surface area contributed by atoms with E-state index in [-0.39, 0.29) is 5.76 Å². The molecule has 1 unspecified atom stereocenters. The lowest BCUT2D eigenvalue weighted by Crippen LogP contribution is -2.00. The molecule has 3 nitrogen and oxygen atoms in total. The number of nitrogens with one attached hydrogen (secondary N) is 1. The van der Waals surface area contributed by atoms with Gasteiger partial charge in [-0.1, -0.05) is 84.5 Å². The average molecular weight is 295 g/mol. The van der Waals surface area contributed by atoms with E-state index in [1.807, 2.05) is 0 Å². The Bertz CT molecular complexity index is 394. The Balaban J connectivity index is 1.87. The number of oxazole rings is 1. The Labute approximate surface area is 129 Å². The molecule has 122 valence electrons. The van der Waals surface area contributed by atoms with Crippen LogP contribution >= 0.6 is 0 Å². The number of hydrogen-bond donors (Lipinski definition) is 1. The first-order valence-electron chi connectivity index (χ1n) is 8.91. The van der Waals surface area contributed by atoms with Crippen LogP contribution in [0.1, 0.15) is 103 Å². The van der Waals surface area contributed by atoms with Crippen LogP contribution in [0.15, 0.2) is 15.5 Å². The summed E-state index contributed by atoms with van der Waals surface area (Å²) in [5.41, 5.74) is 0.937. The van der Waals surface area contributed by atoms with E-state index in [0.717, 1.165) is 12.1 Å². The molecule has 0 fully saturated rings. The first kappa shape index (κ1) is 18.1. The van der Waals surface area contributed by atoms with Crippen molar-refractivity contribution < 1.29 is 4.42 Å². The Hall–Kier alpha value is -0.990. The lowest BCUT2D eigenvalue weighted by molar-refractivity contribution is 0.510. The van der Waals surface area contributed by atoms with E-state index in [2.05, 4.69) is 18.8 Å². The molecule has 0 aromatic carbocycles. The Morgan fingerprint density at radius 3 is 1.95 bits per heavy atom. The van der Waals surface area contributed by atoms with E-state index in [1.165, 1.54) is 70.6 Å². The first-order valence-corrected chi connectivity index (χ1v) is 8.91. The Morgan fingerprint density at radius 2 is 1.48 bits per heavy atom. The van der Waals surface area contributed by atoms with E-state index in [9.17, 15) is 4.79 Å². The number of H-pyrrole nitrogens is 1. The lowest BCUT2D eigenvalue weighted by Gasteiger charge is -2.08. The van der Waals surface area contributed by atoms with Crippen molar-refractivity contribution in [2.24, 2.45) is 0 Å².